The van der Waals surface area contributed by atoms with Gasteiger partial charge in [0.05, 0.1) is 10.2 Å². The van der Waals surface area contributed by atoms with Gasteiger partial charge in [-0.2, -0.15) is 0 Å². The zero-order valence-electron chi connectivity index (χ0n) is 14.7. The standard InChI is InChI=1S/C20H27N3OS/c24-19(21-15-8-2-1-3-9-15)14-16-10-6-7-13-23(16)20-22-17-11-4-5-12-18(17)25-20/h4-5,11-12,15-16H,1-3,6-10,13-14H2,(H,21,24). The lowest BCUT2D eigenvalue weighted by Gasteiger charge is -2.35. The molecule has 1 amide bonds. The van der Waals surface area contributed by atoms with Gasteiger partial charge in [0, 0.05) is 25.0 Å². The van der Waals surface area contributed by atoms with E-state index in [9.17, 15) is 4.79 Å². The van der Waals surface area contributed by atoms with E-state index in [4.69, 9.17) is 4.98 Å². The quantitative estimate of drug-likeness (QED) is 0.876. The third kappa shape index (κ3) is 3.97. The van der Waals surface area contributed by atoms with Crippen LogP contribution in [0.5, 0.6) is 0 Å². The summed E-state index contributed by atoms with van der Waals surface area (Å²) in [6.45, 7) is 1.02. The predicted molar refractivity (Wildman–Crippen MR) is 104 cm³/mol. The molecule has 134 valence electrons. The first-order valence-corrected chi connectivity index (χ1v) is 10.5. The monoisotopic (exact) mass is 357 g/mol. The fourth-order valence-electron chi connectivity index (χ4n) is 4.20. The van der Waals surface area contributed by atoms with Gasteiger partial charge in [-0.15, -0.1) is 0 Å². The van der Waals surface area contributed by atoms with Crippen molar-refractivity contribution >= 4 is 32.6 Å². The van der Waals surface area contributed by atoms with Crippen molar-refractivity contribution in [1.29, 1.82) is 0 Å². The van der Waals surface area contributed by atoms with E-state index in [-0.39, 0.29) is 11.9 Å². The molecule has 2 heterocycles. The minimum atomic E-state index is 0.227. The average Bonchev–Trinajstić information content (AvgIpc) is 3.07. The first-order chi connectivity index (χ1) is 12.3. The van der Waals surface area contributed by atoms with Crippen LogP contribution in [0.15, 0.2) is 24.3 Å². The van der Waals surface area contributed by atoms with Crippen LogP contribution in [0.1, 0.15) is 57.8 Å². The number of amides is 1. The molecule has 1 aliphatic carbocycles. The Bertz CT molecular complexity index is 690. The number of fused-ring (bicyclic) bond motifs is 1. The maximum absolute atomic E-state index is 12.6. The molecule has 0 radical (unpaired) electrons. The van der Waals surface area contributed by atoms with Crippen molar-refractivity contribution in [3.63, 3.8) is 0 Å². The summed E-state index contributed by atoms with van der Waals surface area (Å²) in [5.74, 6) is 0.227. The summed E-state index contributed by atoms with van der Waals surface area (Å²) < 4.78 is 1.23. The van der Waals surface area contributed by atoms with Gasteiger partial charge in [-0.1, -0.05) is 42.7 Å². The van der Waals surface area contributed by atoms with Gasteiger partial charge >= 0.3 is 0 Å². The second-order valence-electron chi connectivity index (χ2n) is 7.41. The third-order valence-electron chi connectivity index (χ3n) is 5.55. The van der Waals surface area contributed by atoms with Gasteiger partial charge < -0.3 is 10.2 Å². The summed E-state index contributed by atoms with van der Waals surface area (Å²) in [6.07, 6.45) is 10.2. The molecule has 2 fully saturated rings. The molecular formula is C20H27N3OS. The number of aromatic nitrogens is 1. The lowest BCUT2D eigenvalue weighted by atomic mass is 9.94. The Morgan fingerprint density at radius 2 is 1.92 bits per heavy atom. The Labute approximate surface area is 153 Å². The number of anilines is 1. The number of thiazole rings is 1. The second kappa shape index (κ2) is 7.73. The summed E-state index contributed by atoms with van der Waals surface area (Å²) in [5.41, 5.74) is 1.07. The molecule has 1 aromatic heterocycles. The molecule has 1 atom stereocenters. The van der Waals surface area contributed by atoms with Crippen LogP contribution in [0.4, 0.5) is 5.13 Å². The molecule has 5 heteroatoms. The Hall–Kier alpha value is -1.62. The minimum Gasteiger partial charge on any atom is -0.353 e. The number of benzene rings is 1. The molecule has 4 rings (SSSR count). The summed E-state index contributed by atoms with van der Waals surface area (Å²) >= 11 is 1.75. The average molecular weight is 358 g/mol. The SMILES string of the molecule is O=C(CC1CCCCN1c1nc2ccccc2s1)NC1CCCCC1. The van der Waals surface area contributed by atoms with E-state index in [2.05, 4.69) is 28.4 Å². The number of nitrogens with one attached hydrogen (secondary N) is 1. The van der Waals surface area contributed by atoms with E-state index in [1.54, 1.807) is 11.3 Å². The fourth-order valence-corrected chi connectivity index (χ4v) is 5.26. The molecule has 25 heavy (non-hydrogen) atoms. The van der Waals surface area contributed by atoms with E-state index in [1.165, 1.54) is 36.8 Å². The molecule has 1 aliphatic heterocycles. The molecule has 1 unspecified atom stereocenters. The highest BCUT2D eigenvalue weighted by atomic mass is 32.1. The maximum atomic E-state index is 12.6. The van der Waals surface area contributed by atoms with Crippen molar-refractivity contribution in [3.05, 3.63) is 24.3 Å². The number of para-hydroxylation sites is 1. The third-order valence-corrected chi connectivity index (χ3v) is 6.62. The molecule has 1 N–H and O–H groups in total. The van der Waals surface area contributed by atoms with Crippen LogP contribution in [-0.2, 0) is 4.79 Å². The van der Waals surface area contributed by atoms with Crippen LogP contribution in [0.2, 0.25) is 0 Å². The number of hydrogen-bond donors (Lipinski definition) is 1. The van der Waals surface area contributed by atoms with E-state index < -0.39 is 0 Å². The number of hydrogen-bond acceptors (Lipinski definition) is 4. The van der Waals surface area contributed by atoms with Gasteiger partial charge in [0.25, 0.3) is 0 Å². The van der Waals surface area contributed by atoms with Gasteiger partial charge in [0.2, 0.25) is 5.91 Å². The highest BCUT2D eigenvalue weighted by Gasteiger charge is 2.28. The van der Waals surface area contributed by atoms with Crippen LogP contribution >= 0.6 is 11.3 Å². The first-order valence-electron chi connectivity index (χ1n) is 9.71. The molecular weight excluding hydrogens is 330 g/mol. The first kappa shape index (κ1) is 16.8. The fraction of sp³-hybridized carbons (Fsp3) is 0.600. The van der Waals surface area contributed by atoms with Crippen molar-refractivity contribution < 1.29 is 4.79 Å². The Morgan fingerprint density at radius 1 is 1.12 bits per heavy atom. The van der Waals surface area contributed by atoms with Crippen LogP contribution in [0.3, 0.4) is 0 Å². The summed E-state index contributed by atoms with van der Waals surface area (Å²) in [7, 11) is 0. The van der Waals surface area contributed by atoms with Crippen molar-refractivity contribution in [2.75, 3.05) is 11.4 Å². The van der Waals surface area contributed by atoms with E-state index in [0.29, 0.717) is 12.5 Å². The largest absolute Gasteiger partial charge is 0.353 e. The second-order valence-corrected chi connectivity index (χ2v) is 8.42. The molecule has 0 bridgehead atoms. The number of piperidine rings is 1. The molecule has 0 spiro atoms. The molecule has 2 aromatic rings. The van der Waals surface area contributed by atoms with Crippen LogP contribution in [0, 0.1) is 0 Å². The smallest absolute Gasteiger partial charge is 0.222 e. The molecule has 1 saturated heterocycles. The molecule has 2 aliphatic rings. The van der Waals surface area contributed by atoms with Gasteiger partial charge in [-0.05, 0) is 44.2 Å². The molecule has 1 aromatic carbocycles. The van der Waals surface area contributed by atoms with E-state index in [0.717, 1.165) is 36.5 Å². The maximum Gasteiger partial charge on any atom is 0.222 e. The van der Waals surface area contributed by atoms with Gasteiger partial charge in [0.15, 0.2) is 5.13 Å². The van der Waals surface area contributed by atoms with Crippen molar-refractivity contribution in [2.45, 2.75) is 69.9 Å². The van der Waals surface area contributed by atoms with Gasteiger partial charge in [-0.25, -0.2) is 4.98 Å². The normalized spacial score (nSPS) is 22.2. The zero-order valence-corrected chi connectivity index (χ0v) is 15.6. The summed E-state index contributed by atoms with van der Waals surface area (Å²) in [4.78, 5) is 19.8. The summed E-state index contributed by atoms with van der Waals surface area (Å²) in [5, 5.41) is 4.36. The number of carbonyl (C=O) groups excluding carboxylic acids is 1. The van der Waals surface area contributed by atoms with Crippen LogP contribution in [-0.4, -0.2) is 29.5 Å². The topological polar surface area (TPSA) is 45.2 Å². The van der Waals surface area contributed by atoms with Gasteiger partial charge in [0.1, 0.15) is 0 Å². The Kier molecular flexibility index (Phi) is 5.20. The highest BCUT2D eigenvalue weighted by molar-refractivity contribution is 7.22. The molecule has 4 nitrogen and oxygen atoms in total. The summed E-state index contributed by atoms with van der Waals surface area (Å²) in [6, 6.07) is 9.00. The Balaban J connectivity index is 1.44. The van der Waals surface area contributed by atoms with Gasteiger partial charge in [-0.3, -0.25) is 4.79 Å². The van der Waals surface area contributed by atoms with Crippen molar-refractivity contribution in [1.82, 2.24) is 10.3 Å². The number of nitrogens with zero attached hydrogens (tertiary/aromatic N) is 2. The van der Waals surface area contributed by atoms with Crippen LogP contribution < -0.4 is 10.2 Å². The van der Waals surface area contributed by atoms with Crippen LogP contribution in [0.25, 0.3) is 10.2 Å². The number of rotatable bonds is 4. The van der Waals surface area contributed by atoms with Crippen molar-refractivity contribution in [3.8, 4) is 0 Å². The minimum absolute atomic E-state index is 0.227. The highest BCUT2D eigenvalue weighted by Crippen LogP contribution is 2.33. The lowest BCUT2D eigenvalue weighted by Crippen LogP contribution is -2.44. The molecule has 1 saturated carbocycles. The lowest BCUT2D eigenvalue weighted by molar-refractivity contribution is -0.122. The Morgan fingerprint density at radius 3 is 2.76 bits per heavy atom. The predicted octanol–water partition coefficient (Wildman–Crippen LogP) is 4.49. The van der Waals surface area contributed by atoms with E-state index >= 15 is 0 Å². The van der Waals surface area contributed by atoms with E-state index in [1.807, 2.05) is 6.07 Å². The van der Waals surface area contributed by atoms with Crippen molar-refractivity contribution in [2.24, 2.45) is 0 Å². The zero-order chi connectivity index (χ0) is 17.1. The number of carbonyl (C=O) groups is 1.